The van der Waals surface area contributed by atoms with Gasteiger partial charge in [-0.05, 0) is 44.2 Å². The van der Waals surface area contributed by atoms with Crippen LogP contribution in [0.1, 0.15) is 24.2 Å². The number of aromatic nitrogens is 2. The first kappa shape index (κ1) is 16.7. The van der Waals surface area contributed by atoms with Crippen LogP contribution >= 0.6 is 0 Å². The molecule has 0 radical (unpaired) electrons. The number of hydrogen-bond donors (Lipinski definition) is 1. The number of hydrogen-bond acceptors (Lipinski definition) is 4. The smallest absolute Gasteiger partial charge is 0.265 e. The van der Waals surface area contributed by atoms with Crippen molar-refractivity contribution in [1.29, 1.82) is 0 Å². The van der Waals surface area contributed by atoms with Crippen LogP contribution in [-0.2, 0) is 0 Å². The third-order valence-electron chi connectivity index (χ3n) is 3.77. The predicted octanol–water partition coefficient (Wildman–Crippen LogP) is 2.53. The lowest BCUT2D eigenvalue weighted by Crippen LogP contribution is -2.30. The molecule has 1 heterocycles. The second-order valence-corrected chi connectivity index (χ2v) is 5.98. The van der Waals surface area contributed by atoms with Crippen molar-refractivity contribution in [2.45, 2.75) is 19.9 Å². The Hall–Kier alpha value is -3.15. The van der Waals surface area contributed by atoms with Crippen LogP contribution in [0, 0.1) is 0 Å². The van der Waals surface area contributed by atoms with Gasteiger partial charge >= 0.3 is 0 Å². The largest absolute Gasteiger partial charge is 0.497 e. The summed E-state index contributed by atoms with van der Waals surface area (Å²) in [6.07, 6.45) is 1.46. The number of methoxy groups -OCH3 is 1. The number of amides is 1. The molecule has 3 rings (SSSR count). The topological polar surface area (TPSA) is 73.2 Å². The Labute approximate surface area is 145 Å². The zero-order valence-corrected chi connectivity index (χ0v) is 14.3. The van der Waals surface area contributed by atoms with Crippen LogP contribution in [0.15, 0.2) is 53.6 Å². The molecule has 0 aliphatic rings. The van der Waals surface area contributed by atoms with Gasteiger partial charge in [0, 0.05) is 17.7 Å². The molecule has 0 spiro atoms. The van der Waals surface area contributed by atoms with Gasteiger partial charge in [-0.25, -0.2) is 4.98 Å². The van der Waals surface area contributed by atoms with Crippen LogP contribution in [0.25, 0.3) is 16.6 Å². The van der Waals surface area contributed by atoms with E-state index in [1.807, 2.05) is 32.0 Å². The Kier molecular flexibility index (Phi) is 4.52. The van der Waals surface area contributed by atoms with Gasteiger partial charge in [-0.1, -0.05) is 6.07 Å². The van der Waals surface area contributed by atoms with Crippen LogP contribution in [0.4, 0.5) is 0 Å². The zero-order chi connectivity index (χ0) is 18.0. The zero-order valence-electron chi connectivity index (χ0n) is 14.3. The molecule has 0 saturated carbocycles. The summed E-state index contributed by atoms with van der Waals surface area (Å²) in [6.45, 7) is 3.79. The summed E-state index contributed by atoms with van der Waals surface area (Å²) in [4.78, 5) is 29.2. The summed E-state index contributed by atoms with van der Waals surface area (Å²) in [5, 5.41) is 3.27. The summed E-state index contributed by atoms with van der Waals surface area (Å²) < 4.78 is 6.65. The highest BCUT2D eigenvalue weighted by Crippen LogP contribution is 2.16. The van der Waals surface area contributed by atoms with E-state index in [9.17, 15) is 9.59 Å². The molecule has 0 unspecified atom stereocenters. The van der Waals surface area contributed by atoms with Gasteiger partial charge in [0.1, 0.15) is 12.1 Å². The molecule has 1 amide bonds. The Balaban J connectivity index is 2.06. The minimum absolute atomic E-state index is 0.0391. The summed E-state index contributed by atoms with van der Waals surface area (Å²) in [7, 11) is 1.57. The van der Waals surface area contributed by atoms with Crippen molar-refractivity contribution in [2.24, 2.45) is 0 Å². The average molecular weight is 337 g/mol. The first-order valence-electron chi connectivity index (χ1n) is 7.96. The van der Waals surface area contributed by atoms with Gasteiger partial charge in [0.25, 0.3) is 11.5 Å². The molecular formula is C19H19N3O3. The lowest BCUT2D eigenvalue weighted by Gasteiger charge is -2.10. The SMILES string of the molecule is COc1cccc(-n2cnc3cc(C(=O)NC(C)C)ccc3c2=O)c1. The molecule has 3 aromatic rings. The second-order valence-electron chi connectivity index (χ2n) is 5.98. The highest BCUT2D eigenvalue weighted by atomic mass is 16.5. The number of carbonyl (C=O) groups is 1. The minimum atomic E-state index is -0.200. The molecule has 0 atom stereocenters. The Morgan fingerprint density at radius 1 is 1.20 bits per heavy atom. The van der Waals surface area contributed by atoms with Crippen molar-refractivity contribution in [3.63, 3.8) is 0 Å². The van der Waals surface area contributed by atoms with Crippen LogP contribution in [0.2, 0.25) is 0 Å². The summed E-state index contributed by atoms with van der Waals surface area (Å²) in [5.41, 5.74) is 1.43. The lowest BCUT2D eigenvalue weighted by molar-refractivity contribution is 0.0943. The highest BCUT2D eigenvalue weighted by Gasteiger charge is 2.11. The van der Waals surface area contributed by atoms with Gasteiger partial charge in [0.05, 0.1) is 23.7 Å². The standard InChI is InChI=1S/C19H19N3O3/c1-12(2)21-18(23)13-7-8-16-17(9-13)20-11-22(19(16)24)14-5-4-6-15(10-14)25-3/h4-12H,1-3H3,(H,21,23). The molecule has 0 aliphatic heterocycles. The van der Waals surface area contributed by atoms with Gasteiger partial charge < -0.3 is 10.1 Å². The lowest BCUT2D eigenvalue weighted by atomic mass is 10.1. The van der Waals surface area contributed by atoms with E-state index in [-0.39, 0.29) is 17.5 Å². The maximum absolute atomic E-state index is 12.8. The van der Waals surface area contributed by atoms with Crippen molar-refractivity contribution in [3.05, 3.63) is 64.7 Å². The molecule has 0 aliphatic carbocycles. The van der Waals surface area contributed by atoms with Crippen LogP contribution in [0.5, 0.6) is 5.75 Å². The number of benzene rings is 2. The molecule has 2 aromatic carbocycles. The number of fused-ring (bicyclic) bond motifs is 1. The molecular weight excluding hydrogens is 318 g/mol. The van der Waals surface area contributed by atoms with E-state index in [0.29, 0.717) is 27.9 Å². The number of nitrogens with one attached hydrogen (secondary N) is 1. The van der Waals surface area contributed by atoms with Gasteiger partial charge in [-0.2, -0.15) is 0 Å². The summed E-state index contributed by atoms with van der Waals surface area (Å²) in [5.74, 6) is 0.473. The number of carbonyl (C=O) groups excluding carboxylic acids is 1. The van der Waals surface area contributed by atoms with Gasteiger partial charge in [-0.15, -0.1) is 0 Å². The van der Waals surface area contributed by atoms with E-state index in [2.05, 4.69) is 10.3 Å². The van der Waals surface area contributed by atoms with E-state index in [1.54, 1.807) is 31.4 Å². The minimum Gasteiger partial charge on any atom is -0.497 e. The van der Waals surface area contributed by atoms with Gasteiger partial charge in [0.15, 0.2) is 0 Å². The number of nitrogens with zero attached hydrogens (tertiary/aromatic N) is 2. The molecule has 0 fully saturated rings. The monoisotopic (exact) mass is 337 g/mol. The summed E-state index contributed by atoms with van der Waals surface area (Å²) >= 11 is 0. The molecule has 0 saturated heterocycles. The normalized spacial score (nSPS) is 10.9. The average Bonchev–Trinajstić information content (AvgIpc) is 2.61. The van der Waals surface area contributed by atoms with Crippen LogP contribution in [-0.4, -0.2) is 28.6 Å². The maximum Gasteiger partial charge on any atom is 0.265 e. The van der Waals surface area contributed by atoms with Crippen molar-refractivity contribution >= 4 is 16.8 Å². The molecule has 128 valence electrons. The van der Waals surface area contributed by atoms with E-state index in [4.69, 9.17) is 4.74 Å². The first-order chi connectivity index (χ1) is 12.0. The van der Waals surface area contributed by atoms with E-state index in [0.717, 1.165) is 0 Å². The van der Waals surface area contributed by atoms with Crippen LogP contribution < -0.4 is 15.6 Å². The highest BCUT2D eigenvalue weighted by molar-refractivity contribution is 5.97. The molecule has 6 heteroatoms. The third kappa shape index (κ3) is 3.38. The third-order valence-corrected chi connectivity index (χ3v) is 3.77. The first-order valence-corrected chi connectivity index (χ1v) is 7.96. The molecule has 6 nitrogen and oxygen atoms in total. The fourth-order valence-corrected chi connectivity index (χ4v) is 2.55. The summed E-state index contributed by atoms with van der Waals surface area (Å²) in [6, 6.07) is 12.1. The Bertz CT molecular complexity index is 993. The Morgan fingerprint density at radius 3 is 2.72 bits per heavy atom. The molecule has 1 aromatic heterocycles. The molecule has 0 bridgehead atoms. The van der Waals surface area contributed by atoms with Crippen molar-refractivity contribution in [1.82, 2.24) is 14.9 Å². The van der Waals surface area contributed by atoms with E-state index in [1.165, 1.54) is 10.9 Å². The fraction of sp³-hybridized carbons (Fsp3) is 0.211. The predicted molar refractivity (Wildman–Crippen MR) is 96.5 cm³/mol. The number of rotatable bonds is 4. The number of ether oxygens (including phenoxy) is 1. The maximum atomic E-state index is 12.8. The van der Waals surface area contributed by atoms with E-state index >= 15 is 0 Å². The quantitative estimate of drug-likeness (QED) is 0.794. The van der Waals surface area contributed by atoms with Gasteiger partial charge in [-0.3, -0.25) is 14.2 Å². The van der Waals surface area contributed by atoms with E-state index < -0.39 is 0 Å². The Morgan fingerprint density at radius 2 is 2.00 bits per heavy atom. The van der Waals surface area contributed by atoms with Crippen molar-refractivity contribution in [3.8, 4) is 11.4 Å². The van der Waals surface area contributed by atoms with Crippen molar-refractivity contribution in [2.75, 3.05) is 7.11 Å². The van der Waals surface area contributed by atoms with Crippen LogP contribution in [0.3, 0.4) is 0 Å². The second kappa shape index (κ2) is 6.76. The molecule has 25 heavy (non-hydrogen) atoms. The van der Waals surface area contributed by atoms with Gasteiger partial charge in [0.2, 0.25) is 0 Å². The molecule has 1 N–H and O–H groups in total. The van der Waals surface area contributed by atoms with Crippen molar-refractivity contribution < 1.29 is 9.53 Å². The fourth-order valence-electron chi connectivity index (χ4n) is 2.55.